The van der Waals surface area contributed by atoms with Crippen LogP contribution in [0, 0.1) is 0 Å². The molecule has 4 nitrogen and oxygen atoms in total. The van der Waals surface area contributed by atoms with Gasteiger partial charge in [0, 0.05) is 21.6 Å². The van der Waals surface area contributed by atoms with Gasteiger partial charge in [-0.1, -0.05) is 22.0 Å². The third-order valence-corrected chi connectivity index (χ3v) is 3.03. The van der Waals surface area contributed by atoms with Crippen LogP contribution < -0.4 is 0 Å². The third-order valence-electron chi connectivity index (χ3n) is 2.54. The van der Waals surface area contributed by atoms with Crippen LogP contribution in [0.25, 0.3) is 10.9 Å². The molecule has 2 rings (SSSR count). The van der Waals surface area contributed by atoms with Crippen LogP contribution in [0.3, 0.4) is 0 Å². The van der Waals surface area contributed by atoms with Gasteiger partial charge in [0.1, 0.15) is 6.42 Å². The van der Waals surface area contributed by atoms with Crippen molar-refractivity contribution in [2.45, 2.75) is 6.42 Å². The van der Waals surface area contributed by atoms with Crippen molar-refractivity contribution in [2.75, 3.05) is 7.11 Å². The number of benzene rings is 1. The Morgan fingerprint density at radius 3 is 2.83 bits per heavy atom. The number of hydrogen-bond acceptors (Lipinski definition) is 4. The van der Waals surface area contributed by atoms with Crippen molar-refractivity contribution in [3.63, 3.8) is 0 Å². The summed E-state index contributed by atoms with van der Waals surface area (Å²) in [6.07, 6.45) is 1.30. The number of methoxy groups -OCH3 is 1. The van der Waals surface area contributed by atoms with Crippen molar-refractivity contribution in [1.82, 2.24) is 4.98 Å². The summed E-state index contributed by atoms with van der Waals surface area (Å²) in [5, 5.41) is 0.731. The number of fused-ring (bicyclic) bond motifs is 1. The van der Waals surface area contributed by atoms with Gasteiger partial charge in [-0.05, 0) is 18.2 Å². The molecule has 0 aliphatic heterocycles. The molecule has 0 spiro atoms. The van der Waals surface area contributed by atoms with Crippen LogP contribution in [0.15, 0.2) is 34.9 Å². The van der Waals surface area contributed by atoms with Gasteiger partial charge in [-0.15, -0.1) is 0 Å². The molecule has 0 aliphatic carbocycles. The lowest BCUT2D eigenvalue weighted by Gasteiger charge is -2.05. The summed E-state index contributed by atoms with van der Waals surface area (Å²) < 4.78 is 5.38. The monoisotopic (exact) mass is 307 g/mol. The van der Waals surface area contributed by atoms with E-state index in [-0.39, 0.29) is 12.2 Å². The largest absolute Gasteiger partial charge is 0.469 e. The van der Waals surface area contributed by atoms with Crippen molar-refractivity contribution >= 4 is 38.6 Å². The van der Waals surface area contributed by atoms with E-state index in [2.05, 4.69) is 25.7 Å². The number of ketones is 1. The second kappa shape index (κ2) is 5.27. The van der Waals surface area contributed by atoms with Crippen LogP contribution >= 0.6 is 15.9 Å². The number of ether oxygens (including phenoxy) is 1. The zero-order valence-electron chi connectivity index (χ0n) is 9.64. The van der Waals surface area contributed by atoms with Crippen LogP contribution in [-0.2, 0) is 9.53 Å². The second-order valence-corrected chi connectivity index (χ2v) is 4.61. The standard InChI is InChI=1S/C13H10BrNO3/c1-18-13(17)7-12(16)10-4-5-15-11-6-8(14)2-3-9(10)11/h2-6H,7H2,1H3. The molecule has 0 amide bonds. The van der Waals surface area contributed by atoms with Crippen molar-refractivity contribution < 1.29 is 14.3 Å². The van der Waals surface area contributed by atoms with Crippen LogP contribution in [0.1, 0.15) is 16.8 Å². The maximum absolute atomic E-state index is 12.0. The molecule has 0 radical (unpaired) electrons. The van der Waals surface area contributed by atoms with Crippen molar-refractivity contribution in [3.8, 4) is 0 Å². The van der Waals surface area contributed by atoms with Gasteiger partial charge in [0.2, 0.25) is 0 Å². The molecule has 1 aromatic heterocycles. The number of nitrogens with zero attached hydrogens (tertiary/aromatic N) is 1. The molecule has 0 bridgehead atoms. The molecule has 5 heteroatoms. The molecule has 0 unspecified atom stereocenters. The summed E-state index contributed by atoms with van der Waals surface area (Å²) in [6, 6.07) is 7.07. The van der Waals surface area contributed by atoms with Crippen LogP contribution in [0.5, 0.6) is 0 Å². The topological polar surface area (TPSA) is 56.3 Å². The summed E-state index contributed by atoms with van der Waals surface area (Å²) in [5.41, 5.74) is 1.19. The van der Waals surface area contributed by atoms with Gasteiger partial charge < -0.3 is 4.74 Å². The van der Waals surface area contributed by atoms with E-state index >= 15 is 0 Å². The molecule has 0 atom stereocenters. The summed E-state index contributed by atoms with van der Waals surface area (Å²) in [6.45, 7) is 0. The molecular weight excluding hydrogens is 298 g/mol. The van der Waals surface area contributed by atoms with Gasteiger partial charge in [0.05, 0.1) is 12.6 Å². The Hall–Kier alpha value is -1.75. The van der Waals surface area contributed by atoms with E-state index < -0.39 is 5.97 Å². The molecule has 0 N–H and O–H groups in total. The fourth-order valence-electron chi connectivity index (χ4n) is 1.66. The van der Waals surface area contributed by atoms with Crippen molar-refractivity contribution in [3.05, 3.63) is 40.5 Å². The third kappa shape index (κ3) is 2.56. The Morgan fingerprint density at radius 2 is 2.11 bits per heavy atom. The van der Waals surface area contributed by atoms with E-state index in [1.807, 2.05) is 12.1 Å². The predicted octanol–water partition coefficient (Wildman–Crippen LogP) is 2.74. The fourth-order valence-corrected chi connectivity index (χ4v) is 2.01. The zero-order valence-corrected chi connectivity index (χ0v) is 11.2. The van der Waals surface area contributed by atoms with E-state index in [1.54, 1.807) is 18.3 Å². The van der Waals surface area contributed by atoms with E-state index in [1.165, 1.54) is 7.11 Å². The number of carbonyl (C=O) groups is 2. The lowest BCUT2D eigenvalue weighted by Crippen LogP contribution is -2.10. The second-order valence-electron chi connectivity index (χ2n) is 3.70. The Morgan fingerprint density at radius 1 is 1.33 bits per heavy atom. The smallest absolute Gasteiger partial charge is 0.313 e. The van der Waals surface area contributed by atoms with Crippen LogP contribution in [0.2, 0.25) is 0 Å². The minimum Gasteiger partial charge on any atom is -0.469 e. The zero-order chi connectivity index (χ0) is 13.1. The molecule has 2 aromatic rings. The minimum atomic E-state index is -0.540. The first-order valence-electron chi connectivity index (χ1n) is 5.26. The number of aromatic nitrogens is 1. The summed E-state index contributed by atoms with van der Waals surface area (Å²) in [7, 11) is 1.26. The first kappa shape index (κ1) is 12.7. The molecular formula is C13H10BrNO3. The molecule has 0 saturated heterocycles. The quantitative estimate of drug-likeness (QED) is 0.497. The lowest BCUT2D eigenvalue weighted by atomic mass is 10.0. The highest BCUT2D eigenvalue weighted by atomic mass is 79.9. The molecule has 92 valence electrons. The highest BCUT2D eigenvalue weighted by Crippen LogP contribution is 2.22. The number of Topliss-reactive ketones (excluding diaryl/α,β-unsaturated/α-hetero) is 1. The molecule has 1 heterocycles. The van der Waals surface area contributed by atoms with E-state index in [9.17, 15) is 9.59 Å². The molecule has 0 aliphatic rings. The van der Waals surface area contributed by atoms with Gasteiger partial charge >= 0.3 is 5.97 Å². The van der Waals surface area contributed by atoms with Crippen molar-refractivity contribution in [1.29, 1.82) is 0 Å². The maximum Gasteiger partial charge on any atom is 0.313 e. The molecule has 18 heavy (non-hydrogen) atoms. The number of esters is 1. The average molecular weight is 308 g/mol. The maximum atomic E-state index is 12.0. The Labute approximate surface area is 112 Å². The fraction of sp³-hybridized carbons (Fsp3) is 0.154. The molecule has 0 fully saturated rings. The number of carbonyl (C=O) groups excluding carboxylic acids is 2. The highest BCUT2D eigenvalue weighted by Gasteiger charge is 2.15. The Bertz CT molecular complexity index is 625. The van der Waals surface area contributed by atoms with Crippen LogP contribution in [0.4, 0.5) is 0 Å². The van der Waals surface area contributed by atoms with Gasteiger partial charge in [-0.25, -0.2) is 0 Å². The van der Waals surface area contributed by atoms with Gasteiger partial charge in [-0.3, -0.25) is 14.6 Å². The first-order chi connectivity index (χ1) is 8.61. The van der Waals surface area contributed by atoms with Crippen molar-refractivity contribution in [2.24, 2.45) is 0 Å². The SMILES string of the molecule is COC(=O)CC(=O)c1ccnc2cc(Br)ccc12. The predicted molar refractivity (Wildman–Crippen MR) is 70.4 cm³/mol. The lowest BCUT2D eigenvalue weighted by molar-refractivity contribution is -0.139. The number of hydrogen-bond donors (Lipinski definition) is 0. The summed E-state index contributed by atoms with van der Waals surface area (Å²) >= 11 is 3.35. The average Bonchev–Trinajstić information content (AvgIpc) is 2.37. The Balaban J connectivity index is 2.45. The van der Waals surface area contributed by atoms with Gasteiger partial charge in [-0.2, -0.15) is 0 Å². The molecule has 1 aromatic carbocycles. The van der Waals surface area contributed by atoms with E-state index in [4.69, 9.17) is 0 Å². The van der Waals surface area contributed by atoms with Crippen LogP contribution in [-0.4, -0.2) is 23.8 Å². The van der Waals surface area contributed by atoms with Gasteiger partial charge in [0.15, 0.2) is 5.78 Å². The number of halogens is 1. The number of rotatable bonds is 3. The number of pyridine rings is 1. The van der Waals surface area contributed by atoms with Gasteiger partial charge in [0.25, 0.3) is 0 Å². The normalized spacial score (nSPS) is 10.3. The molecule has 0 saturated carbocycles. The summed E-state index contributed by atoms with van der Waals surface area (Å²) in [5.74, 6) is -0.807. The van der Waals surface area contributed by atoms with E-state index in [0.717, 1.165) is 9.86 Å². The first-order valence-corrected chi connectivity index (χ1v) is 6.05. The van der Waals surface area contributed by atoms with E-state index in [0.29, 0.717) is 11.1 Å². The highest BCUT2D eigenvalue weighted by molar-refractivity contribution is 9.10. The summed E-state index contributed by atoms with van der Waals surface area (Å²) in [4.78, 5) is 27.3. The Kier molecular flexibility index (Phi) is 3.72. The minimum absolute atomic E-state index is 0.258.